The molecular formula is C10H19NO2. The Morgan fingerprint density at radius 1 is 1.23 bits per heavy atom. The van der Waals surface area contributed by atoms with E-state index in [1.54, 1.807) is 0 Å². The Hall–Kier alpha value is -0.120. The summed E-state index contributed by atoms with van der Waals surface area (Å²) in [4.78, 5) is 2.22. The van der Waals surface area contributed by atoms with Crippen LogP contribution in [-0.2, 0) is 9.47 Å². The van der Waals surface area contributed by atoms with Gasteiger partial charge in [-0.05, 0) is 13.0 Å². The zero-order chi connectivity index (χ0) is 9.47. The lowest BCUT2D eigenvalue weighted by Crippen LogP contribution is -2.65. The van der Waals surface area contributed by atoms with Crippen molar-refractivity contribution in [2.75, 3.05) is 33.4 Å². The molecule has 2 aliphatic heterocycles. The summed E-state index contributed by atoms with van der Waals surface area (Å²) in [5.74, 6) is 1.01. The molecule has 0 amide bonds. The van der Waals surface area contributed by atoms with Gasteiger partial charge in [0, 0.05) is 5.92 Å². The first-order valence-electron chi connectivity index (χ1n) is 5.08. The van der Waals surface area contributed by atoms with Crippen molar-refractivity contribution >= 4 is 0 Å². The van der Waals surface area contributed by atoms with Gasteiger partial charge in [-0.2, -0.15) is 0 Å². The van der Waals surface area contributed by atoms with Crippen LogP contribution in [0.25, 0.3) is 0 Å². The van der Waals surface area contributed by atoms with E-state index in [0.717, 1.165) is 26.3 Å². The number of likely N-dealkylation sites (tertiary alicyclic amines) is 1. The van der Waals surface area contributed by atoms with Gasteiger partial charge < -0.3 is 9.47 Å². The monoisotopic (exact) mass is 185 g/mol. The molecule has 3 nitrogen and oxygen atoms in total. The van der Waals surface area contributed by atoms with Crippen LogP contribution in [0.4, 0.5) is 0 Å². The lowest BCUT2D eigenvalue weighted by Gasteiger charge is -2.51. The molecule has 2 aliphatic rings. The highest BCUT2D eigenvalue weighted by molar-refractivity contribution is 4.90. The number of nitrogens with zero attached hydrogens (tertiary/aromatic N) is 1. The SMILES string of the molecule is CC(C)C1COC2(CN(C)C2)OC1. The standard InChI is InChI=1S/C10H19NO2/c1-8(2)9-4-12-10(13-5-9)6-11(3)7-10/h8-9H,4-7H2,1-3H3. The molecule has 2 heterocycles. The van der Waals surface area contributed by atoms with Gasteiger partial charge in [-0.25, -0.2) is 0 Å². The van der Waals surface area contributed by atoms with Gasteiger partial charge in [0.25, 0.3) is 0 Å². The fourth-order valence-electron chi connectivity index (χ4n) is 1.95. The molecular weight excluding hydrogens is 166 g/mol. The third kappa shape index (κ3) is 1.73. The van der Waals surface area contributed by atoms with E-state index in [2.05, 4.69) is 25.8 Å². The van der Waals surface area contributed by atoms with Crippen molar-refractivity contribution < 1.29 is 9.47 Å². The lowest BCUT2D eigenvalue weighted by atomic mass is 9.95. The third-order valence-electron chi connectivity index (χ3n) is 3.09. The topological polar surface area (TPSA) is 21.7 Å². The summed E-state index contributed by atoms with van der Waals surface area (Å²) < 4.78 is 11.6. The fraction of sp³-hybridized carbons (Fsp3) is 1.00. The molecule has 0 atom stereocenters. The van der Waals surface area contributed by atoms with E-state index in [9.17, 15) is 0 Å². The van der Waals surface area contributed by atoms with Crippen molar-refractivity contribution in [2.45, 2.75) is 19.6 Å². The molecule has 0 radical (unpaired) electrons. The number of hydrogen-bond acceptors (Lipinski definition) is 3. The predicted octanol–water partition coefficient (Wildman–Crippen LogP) is 0.947. The highest BCUT2D eigenvalue weighted by atomic mass is 16.7. The fourth-order valence-corrected chi connectivity index (χ4v) is 1.95. The van der Waals surface area contributed by atoms with E-state index in [4.69, 9.17) is 9.47 Å². The second-order valence-corrected chi connectivity index (χ2v) is 4.71. The Morgan fingerprint density at radius 2 is 1.77 bits per heavy atom. The van der Waals surface area contributed by atoms with Gasteiger partial charge in [0.2, 0.25) is 0 Å². The maximum atomic E-state index is 5.78. The molecule has 76 valence electrons. The molecule has 0 saturated carbocycles. The van der Waals surface area contributed by atoms with Crippen LogP contribution in [0, 0.1) is 11.8 Å². The maximum Gasteiger partial charge on any atom is 0.193 e. The average Bonchev–Trinajstić information content (AvgIpc) is 2.03. The van der Waals surface area contributed by atoms with Crippen LogP contribution in [0.5, 0.6) is 0 Å². The molecule has 2 saturated heterocycles. The first-order valence-corrected chi connectivity index (χ1v) is 5.08. The van der Waals surface area contributed by atoms with Crippen molar-refractivity contribution in [3.05, 3.63) is 0 Å². The van der Waals surface area contributed by atoms with Crippen molar-refractivity contribution in [3.8, 4) is 0 Å². The Bertz CT molecular complexity index is 177. The van der Waals surface area contributed by atoms with Crippen molar-refractivity contribution in [1.82, 2.24) is 4.90 Å². The molecule has 0 N–H and O–H groups in total. The van der Waals surface area contributed by atoms with E-state index in [1.165, 1.54) is 0 Å². The summed E-state index contributed by atoms with van der Waals surface area (Å²) in [6.07, 6.45) is 0. The van der Waals surface area contributed by atoms with E-state index < -0.39 is 0 Å². The summed E-state index contributed by atoms with van der Waals surface area (Å²) in [5.41, 5.74) is 0. The van der Waals surface area contributed by atoms with E-state index in [0.29, 0.717) is 11.8 Å². The summed E-state index contributed by atoms with van der Waals surface area (Å²) >= 11 is 0. The summed E-state index contributed by atoms with van der Waals surface area (Å²) in [7, 11) is 2.09. The van der Waals surface area contributed by atoms with Gasteiger partial charge in [-0.1, -0.05) is 13.8 Å². The molecule has 0 bridgehead atoms. The molecule has 3 heteroatoms. The van der Waals surface area contributed by atoms with Crippen LogP contribution in [0.1, 0.15) is 13.8 Å². The Kier molecular flexibility index (Phi) is 2.34. The third-order valence-corrected chi connectivity index (χ3v) is 3.09. The van der Waals surface area contributed by atoms with Crippen molar-refractivity contribution in [1.29, 1.82) is 0 Å². The number of rotatable bonds is 1. The van der Waals surface area contributed by atoms with Crippen LogP contribution in [0.3, 0.4) is 0 Å². The molecule has 2 rings (SSSR count). The molecule has 0 aromatic rings. The molecule has 0 aromatic carbocycles. The average molecular weight is 185 g/mol. The van der Waals surface area contributed by atoms with Crippen molar-refractivity contribution in [3.63, 3.8) is 0 Å². The number of ether oxygens (including phenoxy) is 2. The van der Waals surface area contributed by atoms with Gasteiger partial charge in [0.1, 0.15) is 0 Å². The Balaban J connectivity index is 1.83. The normalized spacial score (nSPS) is 29.5. The maximum absolute atomic E-state index is 5.78. The van der Waals surface area contributed by atoms with Crippen LogP contribution >= 0.6 is 0 Å². The summed E-state index contributed by atoms with van der Waals surface area (Å²) in [6, 6.07) is 0. The predicted molar refractivity (Wildman–Crippen MR) is 50.5 cm³/mol. The molecule has 1 spiro atoms. The Morgan fingerprint density at radius 3 is 2.15 bits per heavy atom. The highest BCUT2D eigenvalue weighted by Gasteiger charge is 2.46. The second-order valence-electron chi connectivity index (χ2n) is 4.71. The van der Waals surface area contributed by atoms with Crippen LogP contribution in [0.15, 0.2) is 0 Å². The first-order chi connectivity index (χ1) is 6.11. The van der Waals surface area contributed by atoms with E-state index >= 15 is 0 Å². The number of likely N-dealkylation sites (N-methyl/N-ethyl adjacent to an activating group) is 1. The number of hydrogen-bond donors (Lipinski definition) is 0. The minimum atomic E-state index is -0.236. The molecule has 0 aliphatic carbocycles. The lowest BCUT2D eigenvalue weighted by molar-refractivity contribution is -0.333. The van der Waals surface area contributed by atoms with Crippen molar-refractivity contribution in [2.24, 2.45) is 11.8 Å². The van der Waals surface area contributed by atoms with Gasteiger partial charge in [0.15, 0.2) is 5.79 Å². The van der Waals surface area contributed by atoms with Crippen LogP contribution < -0.4 is 0 Å². The minimum absolute atomic E-state index is 0.236. The van der Waals surface area contributed by atoms with Gasteiger partial charge in [0.05, 0.1) is 26.3 Å². The molecule has 2 fully saturated rings. The van der Waals surface area contributed by atoms with Crippen LogP contribution in [-0.4, -0.2) is 44.0 Å². The van der Waals surface area contributed by atoms with Gasteiger partial charge in [-0.15, -0.1) is 0 Å². The quantitative estimate of drug-likeness (QED) is 0.607. The highest BCUT2D eigenvalue weighted by Crippen LogP contribution is 2.31. The molecule has 13 heavy (non-hydrogen) atoms. The van der Waals surface area contributed by atoms with Crippen LogP contribution in [0.2, 0.25) is 0 Å². The van der Waals surface area contributed by atoms with E-state index in [1.807, 2.05) is 0 Å². The zero-order valence-corrected chi connectivity index (χ0v) is 8.75. The zero-order valence-electron chi connectivity index (χ0n) is 8.75. The summed E-state index contributed by atoms with van der Waals surface area (Å²) in [6.45, 7) is 8.04. The molecule has 0 aromatic heterocycles. The first kappa shape index (κ1) is 9.44. The van der Waals surface area contributed by atoms with Gasteiger partial charge in [-0.3, -0.25) is 4.90 Å². The van der Waals surface area contributed by atoms with E-state index in [-0.39, 0.29) is 5.79 Å². The summed E-state index contributed by atoms with van der Waals surface area (Å²) in [5, 5.41) is 0. The minimum Gasteiger partial charge on any atom is -0.347 e. The van der Waals surface area contributed by atoms with Gasteiger partial charge >= 0.3 is 0 Å². The smallest absolute Gasteiger partial charge is 0.193 e. The Labute approximate surface area is 80.0 Å². The second kappa shape index (κ2) is 3.23. The largest absolute Gasteiger partial charge is 0.347 e. The molecule has 0 unspecified atom stereocenters.